The lowest BCUT2D eigenvalue weighted by molar-refractivity contribution is 0.0311. The van der Waals surface area contributed by atoms with Gasteiger partial charge in [0.25, 0.3) is 0 Å². The van der Waals surface area contributed by atoms with Gasteiger partial charge in [-0.3, -0.25) is 0 Å². The Morgan fingerprint density at radius 2 is 2.00 bits per heavy atom. The highest BCUT2D eigenvalue weighted by atomic mass is 16.5. The standard InChI is InChI=1S/C16H29NO3/c1-5-6-17-10-16-9-15(14(4)20-16)12-19-8-7-18-11-13(2)3/h9,13,17H,5-8,10-12H2,1-4H3. The van der Waals surface area contributed by atoms with Crippen LogP contribution < -0.4 is 5.32 Å². The molecule has 0 aliphatic heterocycles. The Hall–Kier alpha value is -0.840. The van der Waals surface area contributed by atoms with Crippen LogP contribution in [-0.2, 0) is 22.6 Å². The summed E-state index contributed by atoms with van der Waals surface area (Å²) >= 11 is 0. The van der Waals surface area contributed by atoms with Crippen LogP contribution in [0, 0.1) is 12.8 Å². The summed E-state index contributed by atoms with van der Waals surface area (Å²) in [6.45, 7) is 12.9. The number of ether oxygens (including phenoxy) is 2. The van der Waals surface area contributed by atoms with Crippen LogP contribution in [0.1, 0.15) is 44.3 Å². The van der Waals surface area contributed by atoms with Crippen LogP contribution in [0.4, 0.5) is 0 Å². The average molecular weight is 283 g/mol. The molecule has 0 aliphatic carbocycles. The molecule has 1 heterocycles. The molecule has 0 unspecified atom stereocenters. The normalized spacial score (nSPS) is 11.4. The zero-order valence-electron chi connectivity index (χ0n) is 13.3. The molecule has 0 bridgehead atoms. The fourth-order valence-corrected chi connectivity index (χ4v) is 1.83. The first-order valence-corrected chi connectivity index (χ1v) is 7.57. The van der Waals surface area contributed by atoms with Gasteiger partial charge in [-0.1, -0.05) is 20.8 Å². The molecule has 4 nitrogen and oxygen atoms in total. The largest absolute Gasteiger partial charge is 0.465 e. The van der Waals surface area contributed by atoms with E-state index in [9.17, 15) is 0 Å². The molecule has 1 aromatic heterocycles. The number of hydrogen-bond acceptors (Lipinski definition) is 4. The van der Waals surface area contributed by atoms with Gasteiger partial charge in [-0.25, -0.2) is 0 Å². The molecule has 1 N–H and O–H groups in total. The molecule has 0 fully saturated rings. The monoisotopic (exact) mass is 283 g/mol. The van der Waals surface area contributed by atoms with E-state index in [1.165, 1.54) is 0 Å². The summed E-state index contributed by atoms with van der Waals surface area (Å²) < 4.78 is 16.8. The first-order chi connectivity index (χ1) is 9.63. The number of aryl methyl sites for hydroxylation is 1. The highest BCUT2D eigenvalue weighted by Crippen LogP contribution is 2.15. The molecule has 0 radical (unpaired) electrons. The van der Waals surface area contributed by atoms with Crippen molar-refractivity contribution in [1.29, 1.82) is 0 Å². The zero-order valence-corrected chi connectivity index (χ0v) is 13.3. The highest BCUT2D eigenvalue weighted by Gasteiger charge is 2.07. The van der Waals surface area contributed by atoms with Crippen molar-refractivity contribution in [2.24, 2.45) is 5.92 Å². The van der Waals surface area contributed by atoms with Crippen LogP contribution in [0.3, 0.4) is 0 Å². The van der Waals surface area contributed by atoms with Gasteiger partial charge in [-0.2, -0.15) is 0 Å². The molecule has 0 aliphatic rings. The molecular weight excluding hydrogens is 254 g/mol. The van der Waals surface area contributed by atoms with Gasteiger partial charge in [-0.15, -0.1) is 0 Å². The summed E-state index contributed by atoms with van der Waals surface area (Å²) in [6, 6.07) is 2.08. The highest BCUT2D eigenvalue weighted by molar-refractivity contribution is 5.19. The van der Waals surface area contributed by atoms with E-state index >= 15 is 0 Å². The predicted octanol–water partition coefficient (Wildman–Crippen LogP) is 3.28. The van der Waals surface area contributed by atoms with E-state index in [-0.39, 0.29) is 0 Å². The minimum Gasteiger partial charge on any atom is -0.465 e. The molecule has 0 aromatic carbocycles. The summed E-state index contributed by atoms with van der Waals surface area (Å²) in [6.07, 6.45) is 1.13. The van der Waals surface area contributed by atoms with Crippen LogP contribution in [0.5, 0.6) is 0 Å². The van der Waals surface area contributed by atoms with Gasteiger partial charge in [0.1, 0.15) is 11.5 Å². The molecule has 4 heteroatoms. The maximum absolute atomic E-state index is 5.70. The number of rotatable bonds is 11. The number of nitrogens with one attached hydrogen (secondary N) is 1. The van der Waals surface area contributed by atoms with Crippen molar-refractivity contribution in [2.75, 3.05) is 26.4 Å². The predicted molar refractivity (Wildman–Crippen MR) is 80.8 cm³/mol. The zero-order chi connectivity index (χ0) is 14.8. The molecule has 1 rings (SSSR count). The van der Waals surface area contributed by atoms with Crippen LogP contribution >= 0.6 is 0 Å². The van der Waals surface area contributed by atoms with Gasteiger partial charge >= 0.3 is 0 Å². The van der Waals surface area contributed by atoms with Crippen molar-refractivity contribution in [3.63, 3.8) is 0 Å². The van der Waals surface area contributed by atoms with Gasteiger partial charge in [0.05, 0.1) is 26.4 Å². The minimum absolute atomic E-state index is 0.573. The van der Waals surface area contributed by atoms with E-state index < -0.39 is 0 Å². The fourth-order valence-electron chi connectivity index (χ4n) is 1.83. The number of hydrogen-bond donors (Lipinski definition) is 1. The second kappa shape index (κ2) is 9.97. The van der Waals surface area contributed by atoms with Crippen molar-refractivity contribution >= 4 is 0 Å². The Labute approximate surface area is 122 Å². The van der Waals surface area contributed by atoms with Crippen molar-refractivity contribution in [3.8, 4) is 0 Å². The van der Waals surface area contributed by atoms with Gasteiger partial charge in [-0.05, 0) is 31.9 Å². The molecule has 0 saturated carbocycles. The van der Waals surface area contributed by atoms with Crippen LogP contribution in [-0.4, -0.2) is 26.4 Å². The molecule has 0 saturated heterocycles. The van der Waals surface area contributed by atoms with E-state index in [4.69, 9.17) is 13.9 Å². The second-order valence-corrected chi connectivity index (χ2v) is 5.49. The maximum atomic E-state index is 5.70. The molecule has 0 atom stereocenters. The van der Waals surface area contributed by atoms with Gasteiger partial charge in [0, 0.05) is 12.2 Å². The Balaban J connectivity index is 2.19. The van der Waals surface area contributed by atoms with E-state index in [2.05, 4.69) is 32.2 Å². The topological polar surface area (TPSA) is 43.6 Å². The average Bonchev–Trinajstić information content (AvgIpc) is 2.74. The van der Waals surface area contributed by atoms with Crippen molar-refractivity contribution in [2.45, 2.75) is 47.3 Å². The van der Waals surface area contributed by atoms with Gasteiger partial charge in [0.2, 0.25) is 0 Å². The van der Waals surface area contributed by atoms with Crippen molar-refractivity contribution in [1.82, 2.24) is 5.32 Å². The third kappa shape index (κ3) is 7.08. The lowest BCUT2D eigenvalue weighted by Crippen LogP contribution is -2.13. The number of furan rings is 1. The van der Waals surface area contributed by atoms with Crippen molar-refractivity contribution in [3.05, 3.63) is 23.2 Å². The Kier molecular flexibility index (Phi) is 8.58. The van der Waals surface area contributed by atoms with Gasteiger partial charge < -0.3 is 19.2 Å². The maximum Gasteiger partial charge on any atom is 0.118 e. The molecule has 1 aromatic rings. The minimum atomic E-state index is 0.573. The smallest absolute Gasteiger partial charge is 0.118 e. The summed E-state index contributed by atoms with van der Waals surface area (Å²) in [7, 11) is 0. The van der Waals surface area contributed by atoms with Crippen LogP contribution in [0.25, 0.3) is 0 Å². The van der Waals surface area contributed by atoms with E-state index in [1.54, 1.807) is 0 Å². The lowest BCUT2D eigenvalue weighted by atomic mass is 10.2. The lowest BCUT2D eigenvalue weighted by Gasteiger charge is -2.07. The van der Waals surface area contributed by atoms with Crippen LogP contribution in [0.15, 0.2) is 10.5 Å². The molecule has 20 heavy (non-hydrogen) atoms. The summed E-state index contributed by atoms with van der Waals surface area (Å²) in [5, 5.41) is 3.33. The summed E-state index contributed by atoms with van der Waals surface area (Å²) in [5.74, 6) is 2.50. The third-order valence-electron chi connectivity index (χ3n) is 2.88. The SMILES string of the molecule is CCCNCc1cc(COCCOCC(C)C)c(C)o1. The fraction of sp³-hybridized carbons (Fsp3) is 0.750. The Morgan fingerprint density at radius 1 is 1.25 bits per heavy atom. The Bertz CT molecular complexity index is 361. The van der Waals surface area contributed by atoms with E-state index in [1.807, 2.05) is 6.92 Å². The van der Waals surface area contributed by atoms with Crippen LogP contribution in [0.2, 0.25) is 0 Å². The molecular formula is C16H29NO3. The quantitative estimate of drug-likeness (QED) is 0.633. The third-order valence-corrected chi connectivity index (χ3v) is 2.88. The second-order valence-electron chi connectivity index (χ2n) is 5.49. The molecule has 0 amide bonds. The van der Waals surface area contributed by atoms with E-state index in [0.717, 1.165) is 43.2 Å². The first-order valence-electron chi connectivity index (χ1n) is 7.57. The summed E-state index contributed by atoms with van der Waals surface area (Å²) in [5.41, 5.74) is 1.13. The Morgan fingerprint density at radius 3 is 2.70 bits per heavy atom. The van der Waals surface area contributed by atoms with Crippen molar-refractivity contribution < 1.29 is 13.9 Å². The molecule has 116 valence electrons. The first kappa shape index (κ1) is 17.2. The summed E-state index contributed by atoms with van der Waals surface area (Å²) in [4.78, 5) is 0. The molecule has 0 spiro atoms. The van der Waals surface area contributed by atoms with Gasteiger partial charge in [0.15, 0.2) is 0 Å². The van der Waals surface area contributed by atoms with E-state index in [0.29, 0.717) is 25.7 Å².